The number of hydrogen-bond donors (Lipinski definition) is 8. The van der Waals surface area contributed by atoms with Crippen LogP contribution in [0, 0.1) is 29.1 Å². The molecule has 0 radical (unpaired) electrons. The molecule has 114 heavy (non-hydrogen) atoms. The van der Waals surface area contributed by atoms with E-state index in [9.17, 15) is 30.6 Å². The van der Waals surface area contributed by atoms with Gasteiger partial charge in [-0.25, -0.2) is 0 Å². The highest BCUT2D eigenvalue weighted by Crippen LogP contribution is 2.71. The van der Waals surface area contributed by atoms with Gasteiger partial charge in [0.05, 0.1) is 67.4 Å². The number of aromatic nitrogens is 1. The Kier molecular flexibility index (Phi) is 25.6. The van der Waals surface area contributed by atoms with E-state index in [1.807, 2.05) is 110 Å². The molecule has 3 fully saturated rings. The predicted octanol–water partition coefficient (Wildman–Crippen LogP) is 22.1. The Hall–Kier alpha value is -9.08. The maximum Gasteiger partial charge on any atom is 0.128 e. The number of methoxy groups -OCH3 is 1. The van der Waals surface area contributed by atoms with Crippen LogP contribution < -0.4 is 16.2 Å². The van der Waals surface area contributed by atoms with Gasteiger partial charge < -0.3 is 46.8 Å². The van der Waals surface area contributed by atoms with Gasteiger partial charge in [-0.3, -0.25) is 20.0 Å². The summed E-state index contributed by atoms with van der Waals surface area (Å²) in [7, 11) is 1.71. The van der Waals surface area contributed by atoms with Gasteiger partial charge in [-0.15, -0.1) is 0 Å². The summed E-state index contributed by atoms with van der Waals surface area (Å²) in [6, 6.07) is 54.8. The lowest BCUT2D eigenvalue weighted by atomic mass is 9.64. The Morgan fingerprint density at radius 1 is 0.544 bits per heavy atom. The van der Waals surface area contributed by atoms with Crippen LogP contribution in [0.2, 0.25) is 0 Å². The van der Waals surface area contributed by atoms with E-state index in [0.29, 0.717) is 35.0 Å². The van der Waals surface area contributed by atoms with E-state index < -0.39 is 6.10 Å². The molecule has 0 saturated heterocycles. The number of rotatable bonds is 10. The smallest absolute Gasteiger partial charge is 0.128 e. The molecule has 9 aromatic carbocycles. The maximum absolute atomic E-state index is 11.2. The number of phenols is 3. The molecular weight excluding hydrogens is 1410 g/mol. The van der Waals surface area contributed by atoms with Gasteiger partial charge >= 0.3 is 0 Å². The van der Waals surface area contributed by atoms with Crippen molar-refractivity contribution in [2.75, 3.05) is 13.7 Å². The molecule has 0 amide bonds. The molecule has 10 aromatic rings. The summed E-state index contributed by atoms with van der Waals surface area (Å²) >= 11 is 0. The Balaban J connectivity index is 0.000000150. The highest BCUT2D eigenvalue weighted by Gasteiger charge is 2.62. The van der Waals surface area contributed by atoms with Crippen molar-refractivity contribution in [1.82, 2.24) is 4.98 Å². The van der Waals surface area contributed by atoms with Crippen molar-refractivity contribution in [2.45, 2.75) is 253 Å². The number of hydrogen-bond acceptors (Lipinski definition) is 13. The second kappa shape index (κ2) is 34.0. The summed E-state index contributed by atoms with van der Waals surface area (Å²) in [4.78, 5) is 19.3. The monoisotopic (exact) mass is 1540 g/mol. The van der Waals surface area contributed by atoms with Crippen molar-refractivity contribution < 1.29 is 35.4 Å². The predicted molar refractivity (Wildman–Crippen MR) is 475 cm³/mol. The van der Waals surface area contributed by atoms with Gasteiger partial charge in [0.25, 0.3) is 0 Å². The van der Waals surface area contributed by atoms with Gasteiger partial charge in [0.2, 0.25) is 0 Å². The van der Waals surface area contributed by atoms with Crippen LogP contribution in [0.15, 0.2) is 185 Å². The Labute approximate surface area is 679 Å². The summed E-state index contributed by atoms with van der Waals surface area (Å²) in [6.07, 6.45) is 15.0. The second-order valence-electron chi connectivity index (χ2n) is 38.7. The molecule has 10 atom stereocenters. The molecule has 13 heteroatoms. The standard InChI is InChI=1S/C36H54N2O2.C24H37NO2.C20H15NO.C12H11NO.C9H11NO/c1-33(2,3)25-17-23(31(39)27(19-25)35(7,8)9)21-37-29-15-13-14-16-30(29)38-22-24-18-26(34(4,5)6)20-28(32(24)40)36(10,11)12;1-15-10-16(13-25-20(14-26)22(2,3)4)21(27)18(11-15)19-12-17-8-9-24(19,7)23(17,5)6;1-22-18-11-10-14-6-2-4-8-16(14)19(18)20-17-9-5-3-7-15(17)12-13-21-20;13-11-8-5-1-3-7-4-2-6-9(10(7)8)12(11)14;10-9-7-4-2-1-3-6(7)5-8(9)11/h17-22,29-30,39-40H,13-16H2,1-12H3;10-11,13,17,19-20,26-27H,8-9,12,14H2,1-7H3;2-13H,1H3;1-6,11-12,14H,13H2;1-4,8-9,11H,5,10H2/t29-,30-;17?,19?,20-,24?;;11-,12+;8-,9+/m01.00/s1. The van der Waals surface area contributed by atoms with Crippen molar-refractivity contribution in [1.29, 1.82) is 0 Å². The van der Waals surface area contributed by atoms with Crippen molar-refractivity contribution >= 4 is 51.0 Å². The Morgan fingerprint density at radius 3 is 1.58 bits per heavy atom. The van der Waals surface area contributed by atoms with Crippen LogP contribution in [-0.4, -0.2) is 92.2 Å². The number of aryl methyl sites for hydroxylation is 1. The summed E-state index contributed by atoms with van der Waals surface area (Å²) in [5, 5.41) is 69.5. The van der Waals surface area contributed by atoms with Crippen molar-refractivity contribution in [3.63, 3.8) is 0 Å². The number of fused-ring (bicyclic) bond motifs is 5. The quantitative estimate of drug-likeness (QED) is 0.0604. The van der Waals surface area contributed by atoms with Crippen molar-refractivity contribution in [3.05, 3.63) is 242 Å². The number of pyridine rings is 1. The molecule has 604 valence electrons. The van der Waals surface area contributed by atoms with Crippen LogP contribution in [0.1, 0.15) is 266 Å². The summed E-state index contributed by atoms with van der Waals surface area (Å²) in [6.45, 7) is 41.6. The van der Waals surface area contributed by atoms with Crippen LogP contribution in [-0.2, 0) is 28.1 Å². The number of aliphatic hydroxyl groups excluding tert-OH is 3. The molecule has 3 saturated carbocycles. The van der Waals surface area contributed by atoms with Crippen LogP contribution >= 0.6 is 0 Å². The van der Waals surface area contributed by atoms with E-state index >= 15 is 0 Å². The topological polar surface area (TPSA) is 233 Å². The van der Waals surface area contributed by atoms with E-state index in [1.165, 1.54) is 46.7 Å². The largest absolute Gasteiger partial charge is 0.507 e. The van der Waals surface area contributed by atoms with E-state index in [1.54, 1.807) is 13.3 Å². The number of benzene rings is 9. The molecule has 10 N–H and O–H groups in total. The van der Waals surface area contributed by atoms with Gasteiger partial charge in [0.1, 0.15) is 23.0 Å². The minimum absolute atomic E-state index is 0.00992. The second-order valence-corrected chi connectivity index (χ2v) is 38.7. The Morgan fingerprint density at radius 2 is 1.06 bits per heavy atom. The number of nitrogens with zero attached hydrogens (tertiary/aromatic N) is 4. The Bertz CT molecular complexity index is 5030. The number of phenolic OH excluding ortho intramolecular Hbond substituents is 3. The third kappa shape index (κ3) is 18.3. The average molecular weight is 1540 g/mol. The molecule has 1 aromatic heterocycles. The third-order valence-corrected chi connectivity index (χ3v) is 25.4. The van der Waals surface area contributed by atoms with E-state index in [2.05, 4.69) is 214 Å². The molecule has 15 rings (SSSR count). The number of aliphatic hydroxyl groups is 3. The van der Waals surface area contributed by atoms with Crippen molar-refractivity contribution in [3.8, 4) is 34.3 Å². The lowest BCUT2D eigenvalue weighted by molar-refractivity contribution is 0.133. The highest BCUT2D eigenvalue weighted by molar-refractivity contribution is 6.06. The summed E-state index contributed by atoms with van der Waals surface area (Å²) < 4.78 is 5.62. The minimum atomic E-state index is -0.545. The van der Waals surface area contributed by atoms with Gasteiger partial charge in [0, 0.05) is 64.5 Å². The third-order valence-electron chi connectivity index (χ3n) is 25.4. The highest BCUT2D eigenvalue weighted by atomic mass is 16.5. The molecule has 0 spiro atoms. The van der Waals surface area contributed by atoms with E-state index in [4.69, 9.17) is 26.2 Å². The van der Waals surface area contributed by atoms with Gasteiger partial charge in [0.15, 0.2) is 0 Å². The van der Waals surface area contributed by atoms with Crippen LogP contribution in [0.5, 0.6) is 23.0 Å². The first-order valence-electron chi connectivity index (χ1n) is 41.2. The molecule has 5 aliphatic carbocycles. The van der Waals surface area contributed by atoms with Gasteiger partial charge in [-0.1, -0.05) is 271 Å². The first-order chi connectivity index (χ1) is 53.6. The first kappa shape index (κ1) is 85.8. The zero-order valence-corrected chi connectivity index (χ0v) is 71.5. The van der Waals surface area contributed by atoms with E-state index in [-0.39, 0.29) is 75.4 Å². The SMILES string of the molecule is CC(C)(C)c1cc(C=N[C@H]2CCCC[C@@H]2N=Cc2cc(C(C)(C)C)cc(C(C)(C)C)c2O)c(O)c(C(C)(C)C)c1.COc1ccc2ccccc2c1-c1nccc2ccccc12.Cc1cc(C=N[C@H](CO)C(C)(C)C)c(O)c(C2CC3CCC2(C)C3(C)C)c1.N[C@@H]1c2ccccc2C[C@@H]1O.N[C@H]1c2cccc3cccc(c23)[C@H]1O. The van der Waals surface area contributed by atoms with E-state index in [0.717, 1.165) is 126 Å². The fourth-order valence-electron chi connectivity index (χ4n) is 17.8. The molecule has 5 aliphatic rings. The molecule has 3 unspecified atom stereocenters. The number of ether oxygens (including phenoxy) is 1. The normalized spacial score (nSPS) is 22.1. The summed E-state index contributed by atoms with van der Waals surface area (Å²) in [5.41, 5.74) is 26.8. The fourth-order valence-corrected chi connectivity index (χ4v) is 17.8. The lowest BCUT2D eigenvalue weighted by Crippen LogP contribution is -2.31. The zero-order valence-electron chi connectivity index (χ0n) is 71.5. The lowest BCUT2D eigenvalue weighted by Gasteiger charge is -2.40. The number of aliphatic imine (C=N–C) groups is 3. The molecule has 0 aliphatic heterocycles. The van der Waals surface area contributed by atoms with Crippen molar-refractivity contribution in [2.24, 2.45) is 48.6 Å². The average Bonchev–Trinajstić information content (AvgIpc) is 1.54. The van der Waals surface area contributed by atoms with Crippen LogP contribution in [0.25, 0.3) is 43.6 Å². The number of nitrogens with two attached hydrogens (primary N) is 2. The molecule has 1 heterocycles. The molecular formula is C101H128N6O7. The molecule has 13 nitrogen and oxygen atoms in total. The van der Waals surface area contributed by atoms with Gasteiger partial charge in [-0.05, 0) is 191 Å². The zero-order chi connectivity index (χ0) is 82.9. The van der Waals surface area contributed by atoms with Crippen LogP contribution in [0.4, 0.5) is 0 Å². The maximum atomic E-state index is 11.2. The number of aromatic hydroxyl groups is 3. The van der Waals surface area contributed by atoms with Gasteiger partial charge in [-0.2, -0.15) is 0 Å². The summed E-state index contributed by atoms with van der Waals surface area (Å²) in [5.74, 6) is 3.00. The minimum Gasteiger partial charge on any atom is -0.507 e. The van der Waals surface area contributed by atoms with Crippen LogP contribution in [0.3, 0.4) is 0 Å². The molecule has 2 bridgehead atoms. The first-order valence-corrected chi connectivity index (χ1v) is 41.2. The fraction of sp³-hybridized carbons (Fsp3) is 0.446.